The Morgan fingerprint density at radius 2 is 1.59 bits per heavy atom. The van der Waals surface area contributed by atoms with E-state index in [0.29, 0.717) is 23.6 Å². The molecule has 0 atom stereocenters. The van der Waals surface area contributed by atoms with Crippen LogP contribution in [0.25, 0.3) is 0 Å². The highest BCUT2D eigenvalue weighted by Gasteiger charge is 2.55. The van der Waals surface area contributed by atoms with E-state index in [1.54, 1.807) is 31.1 Å². The summed E-state index contributed by atoms with van der Waals surface area (Å²) in [5.74, 6) is -0.718. The second kappa shape index (κ2) is 11.7. The van der Waals surface area contributed by atoms with Crippen LogP contribution in [0.4, 0.5) is 30.8 Å². The summed E-state index contributed by atoms with van der Waals surface area (Å²) in [6.45, 7) is -1.61. The second-order valence-corrected chi connectivity index (χ2v) is 13.4. The van der Waals surface area contributed by atoms with E-state index in [1.165, 1.54) is 36.3 Å². The van der Waals surface area contributed by atoms with Gasteiger partial charge in [-0.3, -0.25) is 4.79 Å². The van der Waals surface area contributed by atoms with Crippen LogP contribution in [0.5, 0.6) is 6.01 Å². The Labute approximate surface area is 257 Å². The van der Waals surface area contributed by atoms with Crippen molar-refractivity contribution >= 4 is 45.1 Å². The van der Waals surface area contributed by atoms with Crippen LogP contribution >= 0.6 is 11.6 Å². The zero-order valence-corrected chi connectivity index (χ0v) is 25.6. The van der Waals surface area contributed by atoms with Gasteiger partial charge >= 0.3 is 12.2 Å². The number of aromatic nitrogens is 3. The van der Waals surface area contributed by atoms with E-state index in [2.05, 4.69) is 19.7 Å². The summed E-state index contributed by atoms with van der Waals surface area (Å²) < 4.78 is 75.3. The van der Waals surface area contributed by atoms with Crippen molar-refractivity contribution in [2.24, 2.45) is 0 Å². The van der Waals surface area contributed by atoms with Crippen molar-refractivity contribution < 1.29 is 35.9 Å². The lowest BCUT2D eigenvalue weighted by molar-refractivity contribution is -0.154. The number of halogens is 4. The molecular weight excluding hydrogens is 625 g/mol. The molecule has 16 heteroatoms. The Balaban J connectivity index is 1.39. The molecule has 1 aromatic heterocycles. The number of hydrogen-bond donors (Lipinski definition) is 1. The smallest absolute Gasteiger partial charge is 0.422 e. The highest BCUT2D eigenvalue weighted by Crippen LogP contribution is 2.51. The van der Waals surface area contributed by atoms with Gasteiger partial charge in [-0.15, -0.1) is 0 Å². The molecule has 236 valence electrons. The van der Waals surface area contributed by atoms with Gasteiger partial charge < -0.3 is 19.3 Å². The summed E-state index contributed by atoms with van der Waals surface area (Å²) in [4.78, 5) is 28.8. The molecule has 2 aromatic carbocycles. The summed E-state index contributed by atoms with van der Waals surface area (Å²) >= 11 is 6.06. The number of anilines is 3. The number of alkyl halides is 3. The maximum absolute atomic E-state index is 13.0. The SMILES string of the molecule is COCC1(S(=O)(=O)NC(=O)c2ccc(N(C)c3nc(OCC(F)(F)F)nc(N(C)C4(c5ccc(Cl)cc5)CC4)n3)cc2)CC1. The number of ether oxygens (including phenoxy) is 2. The van der Waals surface area contributed by atoms with Crippen LogP contribution in [-0.4, -0.2) is 74.6 Å². The summed E-state index contributed by atoms with van der Waals surface area (Å²) in [6.07, 6.45) is -2.31. The zero-order chi connectivity index (χ0) is 31.9. The lowest BCUT2D eigenvalue weighted by Crippen LogP contribution is -2.42. The standard InChI is InChI=1S/C28H30ClF3N6O5S/c1-37(21-10-4-18(5-11-21)22(39)36-44(40,41)26(12-13-26)16-42-3)23-33-24(35-25(34-23)43-17-28(30,31)32)38(2)27(14-15-27)19-6-8-20(29)9-7-19/h4-11H,12-17H2,1-3H3,(H,36,39). The van der Waals surface area contributed by atoms with Crippen LogP contribution in [-0.2, 0) is 20.3 Å². The fraction of sp³-hybridized carbons (Fsp3) is 0.429. The largest absolute Gasteiger partial charge is 0.454 e. The third-order valence-corrected chi connectivity index (χ3v) is 10.2. The van der Waals surface area contributed by atoms with Crippen molar-refractivity contribution in [3.63, 3.8) is 0 Å². The number of carbonyl (C=O) groups excluding carboxylic acids is 1. The molecule has 5 rings (SSSR count). The van der Waals surface area contributed by atoms with Crippen molar-refractivity contribution in [1.82, 2.24) is 19.7 Å². The van der Waals surface area contributed by atoms with Gasteiger partial charge in [0, 0.05) is 37.5 Å². The molecule has 0 spiro atoms. The Morgan fingerprint density at radius 1 is 0.977 bits per heavy atom. The van der Waals surface area contributed by atoms with E-state index in [0.717, 1.165) is 18.4 Å². The summed E-state index contributed by atoms with van der Waals surface area (Å²) in [6, 6.07) is 12.7. The molecule has 2 aliphatic rings. The van der Waals surface area contributed by atoms with Gasteiger partial charge in [-0.25, -0.2) is 13.1 Å². The maximum Gasteiger partial charge on any atom is 0.422 e. The van der Waals surface area contributed by atoms with Crippen molar-refractivity contribution in [3.8, 4) is 6.01 Å². The molecule has 1 N–H and O–H groups in total. The second-order valence-electron chi connectivity index (χ2n) is 10.9. The van der Waals surface area contributed by atoms with E-state index in [1.807, 2.05) is 12.1 Å². The van der Waals surface area contributed by atoms with E-state index < -0.39 is 45.0 Å². The van der Waals surface area contributed by atoms with E-state index in [9.17, 15) is 26.4 Å². The Hall–Kier alpha value is -3.69. The topological polar surface area (TPSA) is 127 Å². The minimum absolute atomic E-state index is 0.0130. The van der Waals surface area contributed by atoms with Crippen LogP contribution in [0.3, 0.4) is 0 Å². The van der Waals surface area contributed by atoms with Crippen LogP contribution in [0, 0.1) is 0 Å². The monoisotopic (exact) mass is 654 g/mol. The highest BCUT2D eigenvalue weighted by atomic mass is 35.5. The first-order chi connectivity index (χ1) is 20.7. The molecule has 0 saturated heterocycles. The Kier molecular flexibility index (Phi) is 8.42. The molecule has 0 radical (unpaired) electrons. The number of carbonyl (C=O) groups is 1. The van der Waals surface area contributed by atoms with E-state index >= 15 is 0 Å². The average molecular weight is 655 g/mol. The van der Waals surface area contributed by atoms with Crippen molar-refractivity contribution in [2.75, 3.05) is 44.2 Å². The number of nitrogens with one attached hydrogen (secondary N) is 1. The molecular formula is C28H30ClF3N6O5S. The van der Waals surface area contributed by atoms with Gasteiger partial charge in [-0.2, -0.15) is 28.1 Å². The normalized spacial score (nSPS) is 16.6. The van der Waals surface area contributed by atoms with Gasteiger partial charge in [-0.1, -0.05) is 23.7 Å². The van der Waals surface area contributed by atoms with E-state index in [4.69, 9.17) is 21.1 Å². The van der Waals surface area contributed by atoms with Gasteiger partial charge in [0.25, 0.3) is 5.91 Å². The maximum atomic E-state index is 13.0. The van der Waals surface area contributed by atoms with Gasteiger partial charge in [-0.05, 0) is 67.6 Å². The van der Waals surface area contributed by atoms with Gasteiger partial charge in [0.1, 0.15) is 4.75 Å². The molecule has 1 heterocycles. The number of hydrogen-bond acceptors (Lipinski definition) is 10. The molecule has 0 bridgehead atoms. The molecule has 11 nitrogen and oxygen atoms in total. The third kappa shape index (κ3) is 6.54. The molecule has 3 aromatic rings. The van der Waals surface area contributed by atoms with Crippen LogP contribution in [0.2, 0.25) is 5.02 Å². The van der Waals surface area contributed by atoms with Crippen molar-refractivity contribution in [1.29, 1.82) is 0 Å². The fourth-order valence-corrected chi connectivity index (χ4v) is 6.49. The Bertz CT molecular complexity index is 1630. The number of methoxy groups -OCH3 is 1. The molecule has 0 unspecified atom stereocenters. The molecule has 2 saturated carbocycles. The van der Waals surface area contributed by atoms with Crippen molar-refractivity contribution in [2.45, 2.75) is 42.1 Å². The highest BCUT2D eigenvalue weighted by molar-refractivity contribution is 7.91. The van der Waals surface area contributed by atoms with Crippen LogP contribution < -0.4 is 19.3 Å². The summed E-state index contributed by atoms with van der Waals surface area (Å²) in [7, 11) is 0.768. The van der Waals surface area contributed by atoms with Crippen LogP contribution in [0.15, 0.2) is 48.5 Å². The minimum Gasteiger partial charge on any atom is -0.454 e. The van der Waals surface area contributed by atoms with Crippen LogP contribution in [0.1, 0.15) is 41.6 Å². The summed E-state index contributed by atoms with van der Waals surface area (Å²) in [5, 5.41) is 0.571. The van der Waals surface area contributed by atoms with Gasteiger partial charge in [0.15, 0.2) is 6.61 Å². The minimum atomic E-state index is -4.61. The van der Waals surface area contributed by atoms with Crippen molar-refractivity contribution in [3.05, 3.63) is 64.7 Å². The zero-order valence-electron chi connectivity index (χ0n) is 24.1. The number of amides is 1. The molecule has 2 aliphatic carbocycles. The number of nitrogens with zero attached hydrogens (tertiary/aromatic N) is 5. The van der Waals surface area contributed by atoms with E-state index in [-0.39, 0.29) is 24.1 Å². The summed E-state index contributed by atoms with van der Waals surface area (Å²) in [5.41, 5.74) is 1.01. The third-order valence-electron chi connectivity index (χ3n) is 7.83. The predicted molar refractivity (Wildman–Crippen MR) is 157 cm³/mol. The molecule has 1 amide bonds. The fourth-order valence-electron chi connectivity index (χ4n) is 4.87. The Morgan fingerprint density at radius 3 is 2.14 bits per heavy atom. The quantitative estimate of drug-likeness (QED) is 0.296. The first-order valence-electron chi connectivity index (χ1n) is 13.5. The first kappa shape index (κ1) is 31.7. The number of sulfonamides is 1. The lowest BCUT2D eigenvalue weighted by atomic mass is 10.0. The number of rotatable bonds is 12. The molecule has 44 heavy (non-hydrogen) atoms. The number of benzene rings is 2. The molecule has 0 aliphatic heterocycles. The van der Waals surface area contributed by atoms with Gasteiger partial charge in [0.2, 0.25) is 21.9 Å². The first-order valence-corrected chi connectivity index (χ1v) is 15.4. The average Bonchev–Trinajstić information content (AvgIpc) is 3.91. The molecule has 2 fully saturated rings. The predicted octanol–water partition coefficient (Wildman–Crippen LogP) is 4.60. The van der Waals surface area contributed by atoms with Gasteiger partial charge in [0.05, 0.1) is 12.1 Å². The lowest BCUT2D eigenvalue weighted by Gasteiger charge is -2.29.